The van der Waals surface area contributed by atoms with Crippen molar-refractivity contribution in [2.75, 3.05) is 7.05 Å². The molecule has 0 aromatic heterocycles. The zero-order chi connectivity index (χ0) is 10.6. The molecule has 1 heteroatoms. The number of nitrogens with zero attached hydrogens (tertiary/aromatic N) is 1. The largest absolute Gasteiger partial charge is 0.293 e. The van der Waals surface area contributed by atoms with E-state index < -0.39 is 0 Å². The van der Waals surface area contributed by atoms with Crippen LogP contribution in [-0.2, 0) is 0 Å². The molecule has 13 heavy (non-hydrogen) atoms. The molecule has 0 aliphatic heterocycles. The molecule has 0 saturated carbocycles. The first-order valence-corrected chi connectivity index (χ1v) is 4.67. The van der Waals surface area contributed by atoms with Crippen LogP contribution in [0, 0.1) is 0 Å². The first kappa shape index (κ1) is 12.2. The lowest BCUT2D eigenvalue weighted by Crippen LogP contribution is -1.98. The van der Waals surface area contributed by atoms with Gasteiger partial charge in [-0.05, 0) is 58.3 Å². The van der Waals surface area contributed by atoms with Gasteiger partial charge in [0.15, 0.2) is 0 Å². The smallest absolute Gasteiger partial charge is 0.0345 e. The van der Waals surface area contributed by atoms with Crippen molar-refractivity contribution in [1.29, 1.82) is 0 Å². The molecule has 0 aromatic rings. The highest BCUT2D eigenvalue weighted by Gasteiger charge is 2.02. The van der Waals surface area contributed by atoms with Crippen LogP contribution >= 0.6 is 0 Å². The minimum absolute atomic E-state index is 1.12. The fraction of sp³-hybridized carbons (Fsp3) is 0.583. The second-order valence-corrected chi connectivity index (χ2v) is 3.68. The minimum atomic E-state index is 1.12. The van der Waals surface area contributed by atoms with Crippen LogP contribution in [0.1, 0.15) is 41.5 Å². The number of allylic oxidation sites excluding steroid dienone is 4. The molecular weight excluding hydrogens is 158 g/mol. The second-order valence-electron chi connectivity index (χ2n) is 3.68. The van der Waals surface area contributed by atoms with Crippen molar-refractivity contribution in [1.82, 2.24) is 0 Å². The van der Waals surface area contributed by atoms with Crippen LogP contribution in [0.4, 0.5) is 0 Å². The maximum atomic E-state index is 4.19. The number of hydrogen-bond donors (Lipinski definition) is 0. The average molecular weight is 179 g/mol. The van der Waals surface area contributed by atoms with Gasteiger partial charge >= 0.3 is 0 Å². The molecule has 0 atom stereocenters. The number of aliphatic imine (C=N–C) groups is 1. The Labute approximate surface area is 82.3 Å². The molecule has 0 aliphatic rings. The SMILES string of the molecule is C/N=C(/C)C(C)=C(C)C(C)=C(C)C. The van der Waals surface area contributed by atoms with Crippen molar-refractivity contribution < 1.29 is 0 Å². The first-order chi connectivity index (χ1) is 5.91. The predicted octanol–water partition coefficient (Wildman–Crippen LogP) is 3.77. The molecule has 74 valence electrons. The quantitative estimate of drug-likeness (QED) is 0.452. The van der Waals surface area contributed by atoms with Gasteiger partial charge in [-0.3, -0.25) is 4.99 Å². The van der Waals surface area contributed by atoms with E-state index in [1.807, 2.05) is 7.05 Å². The molecule has 0 bridgehead atoms. The summed E-state index contributed by atoms with van der Waals surface area (Å²) in [6, 6.07) is 0. The highest BCUT2D eigenvalue weighted by Crippen LogP contribution is 2.18. The molecule has 0 aromatic carbocycles. The van der Waals surface area contributed by atoms with E-state index in [1.165, 1.54) is 22.3 Å². The summed E-state index contributed by atoms with van der Waals surface area (Å²) >= 11 is 0. The summed E-state index contributed by atoms with van der Waals surface area (Å²) < 4.78 is 0. The van der Waals surface area contributed by atoms with Crippen molar-refractivity contribution in [2.45, 2.75) is 41.5 Å². The van der Waals surface area contributed by atoms with Crippen molar-refractivity contribution >= 4 is 5.71 Å². The van der Waals surface area contributed by atoms with Gasteiger partial charge in [0, 0.05) is 12.8 Å². The molecule has 0 radical (unpaired) electrons. The average Bonchev–Trinajstić information content (AvgIpc) is 2.12. The molecule has 0 saturated heterocycles. The van der Waals surface area contributed by atoms with Crippen molar-refractivity contribution in [3.8, 4) is 0 Å². The third-order valence-electron chi connectivity index (χ3n) is 2.75. The molecule has 0 N–H and O–H groups in total. The lowest BCUT2D eigenvalue weighted by atomic mass is 9.98. The van der Waals surface area contributed by atoms with E-state index in [0.717, 1.165) is 5.71 Å². The van der Waals surface area contributed by atoms with Crippen LogP contribution in [0.3, 0.4) is 0 Å². The van der Waals surface area contributed by atoms with E-state index in [-0.39, 0.29) is 0 Å². The van der Waals surface area contributed by atoms with Crippen LogP contribution < -0.4 is 0 Å². The van der Waals surface area contributed by atoms with Crippen LogP contribution in [0.15, 0.2) is 27.3 Å². The molecule has 0 unspecified atom stereocenters. The van der Waals surface area contributed by atoms with Crippen LogP contribution in [0.5, 0.6) is 0 Å². The van der Waals surface area contributed by atoms with Gasteiger partial charge in [0.2, 0.25) is 0 Å². The van der Waals surface area contributed by atoms with E-state index in [0.29, 0.717) is 0 Å². The van der Waals surface area contributed by atoms with E-state index >= 15 is 0 Å². The summed E-state index contributed by atoms with van der Waals surface area (Å²) in [5, 5.41) is 0. The van der Waals surface area contributed by atoms with Gasteiger partial charge in [-0.1, -0.05) is 5.57 Å². The maximum Gasteiger partial charge on any atom is 0.0345 e. The summed E-state index contributed by atoms with van der Waals surface area (Å²) in [7, 11) is 1.84. The Morgan fingerprint density at radius 2 is 1.15 bits per heavy atom. The lowest BCUT2D eigenvalue weighted by molar-refractivity contribution is 1.20. The van der Waals surface area contributed by atoms with E-state index in [9.17, 15) is 0 Å². The topological polar surface area (TPSA) is 12.4 Å². The Morgan fingerprint density at radius 1 is 0.692 bits per heavy atom. The molecule has 0 fully saturated rings. The highest BCUT2D eigenvalue weighted by molar-refractivity contribution is 5.98. The van der Waals surface area contributed by atoms with E-state index in [1.54, 1.807) is 0 Å². The maximum absolute atomic E-state index is 4.19. The van der Waals surface area contributed by atoms with Gasteiger partial charge in [-0.15, -0.1) is 0 Å². The molecule has 0 spiro atoms. The summed E-state index contributed by atoms with van der Waals surface area (Å²) in [4.78, 5) is 4.19. The first-order valence-electron chi connectivity index (χ1n) is 4.67. The third kappa shape index (κ3) is 3.17. The summed E-state index contributed by atoms with van der Waals surface area (Å²) in [5.74, 6) is 0. The normalized spacial score (nSPS) is 13.9. The molecule has 0 heterocycles. The summed E-state index contributed by atoms with van der Waals surface area (Å²) in [6.45, 7) is 12.8. The molecule has 0 aliphatic carbocycles. The third-order valence-corrected chi connectivity index (χ3v) is 2.75. The lowest BCUT2D eigenvalue weighted by Gasteiger charge is -2.09. The number of hydrogen-bond acceptors (Lipinski definition) is 1. The van der Waals surface area contributed by atoms with Crippen LogP contribution in [0.25, 0.3) is 0 Å². The van der Waals surface area contributed by atoms with Gasteiger partial charge in [-0.2, -0.15) is 0 Å². The minimum Gasteiger partial charge on any atom is -0.293 e. The Morgan fingerprint density at radius 3 is 1.46 bits per heavy atom. The van der Waals surface area contributed by atoms with Crippen LogP contribution in [-0.4, -0.2) is 12.8 Å². The number of rotatable bonds is 2. The highest BCUT2D eigenvalue weighted by atomic mass is 14.7. The van der Waals surface area contributed by atoms with E-state index in [4.69, 9.17) is 0 Å². The summed E-state index contributed by atoms with van der Waals surface area (Å²) in [5.41, 5.74) is 6.52. The van der Waals surface area contributed by atoms with Crippen LogP contribution in [0.2, 0.25) is 0 Å². The van der Waals surface area contributed by atoms with Crippen molar-refractivity contribution in [2.24, 2.45) is 4.99 Å². The Bertz CT molecular complexity index is 273. The van der Waals surface area contributed by atoms with Crippen molar-refractivity contribution in [3.05, 3.63) is 22.3 Å². The van der Waals surface area contributed by atoms with Gasteiger partial charge in [0.05, 0.1) is 0 Å². The fourth-order valence-electron chi connectivity index (χ4n) is 1.10. The zero-order valence-corrected chi connectivity index (χ0v) is 9.95. The monoisotopic (exact) mass is 179 g/mol. The Kier molecular flexibility index (Phi) is 4.68. The standard InChI is InChI=1S/C12H21N/c1-8(2)9(3)10(4)11(5)12(6)13-7/h1-7H3/b11-10?,13-12-. The van der Waals surface area contributed by atoms with Crippen molar-refractivity contribution in [3.63, 3.8) is 0 Å². The Balaban J connectivity index is 5.17. The van der Waals surface area contributed by atoms with Gasteiger partial charge < -0.3 is 0 Å². The Hall–Kier alpha value is -0.850. The van der Waals surface area contributed by atoms with Gasteiger partial charge in [-0.25, -0.2) is 0 Å². The molecule has 0 amide bonds. The van der Waals surface area contributed by atoms with Gasteiger partial charge in [0.1, 0.15) is 0 Å². The fourth-order valence-corrected chi connectivity index (χ4v) is 1.10. The van der Waals surface area contributed by atoms with E-state index in [2.05, 4.69) is 46.5 Å². The predicted molar refractivity (Wildman–Crippen MR) is 61.5 cm³/mol. The van der Waals surface area contributed by atoms with Gasteiger partial charge in [0.25, 0.3) is 0 Å². The second kappa shape index (κ2) is 5.00. The molecular formula is C12H21N. The summed E-state index contributed by atoms with van der Waals surface area (Å²) in [6.07, 6.45) is 0. The zero-order valence-electron chi connectivity index (χ0n) is 9.95. The molecule has 1 nitrogen and oxygen atoms in total. The molecule has 0 rings (SSSR count).